The molecule has 0 aliphatic carbocycles. The molecule has 0 bridgehead atoms. The van der Waals surface area contributed by atoms with Crippen LogP contribution in [0.2, 0.25) is 0 Å². The van der Waals surface area contributed by atoms with Crippen molar-refractivity contribution in [3.63, 3.8) is 0 Å². The SMILES string of the molecule is OCc1ccc2c(c1)CN(Cl)CCS2. The van der Waals surface area contributed by atoms with Crippen LogP contribution in [0.4, 0.5) is 0 Å². The van der Waals surface area contributed by atoms with Gasteiger partial charge in [0.15, 0.2) is 0 Å². The first-order valence-corrected chi connectivity index (χ1v) is 5.88. The van der Waals surface area contributed by atoms with E-state index in [1.54, 1.807) is 4.42 Å². The summed E-state index contributed by atoms with van der Waals surface area (Å²) in [6.45, 7) is 1.76. The molecule has 1 heterocycles. The van der Waals surface area contributed by atoms with Crippen molar-refractivity contribution in [2.24, 2.45) is 0 Å². The summed E-state index contributed by atoms with van der Waals surface area (Å²) in [5.41, 5.74) is 2.17. The smallest absolute Gasteiger partial charge is 0.0681 e. The van der Waals surface area contributed by atoms with Gasteiger partial charge < -0.3 is 5.11 Å². The number of fused-ring (bicyclic) bond motifs is 1. The Morgan fingerprint density at radius 1 is 1.50 bits per heavy atom. The minimum atomic E-state index is 0.0975. The van der Waals surface area contributed by atoms with Gasteiger partial charge in [0.2, 0.25) is 0 Å². The summed E-state index contributed by atoms with van der Waals surface area (Å²) in [6, 6.07) is 6.07. The molecule has 0 aromatic heterocycles. The fourth-order valence-corrected chi connectivity index (χ4v) is 2.83. The van der Waals surface area contributed by atoms with Crippen molar-refractivity contribution in [3.8, 4) is 0 Å². The van der Waals surface area contributed by atoms with Gasteiger partial charge in [-0.3, -0.25) is 0 Å². The van der Waals surface area contributed by atoms with E-state index in [1.165, 1.54) is 10.5 Å². The lowest BCUT2D eigenvalue weighted by atomic mass is 10.1. The lowest BCUT2D eigenvalue weighted by Crippen LogP contribution is -2.12. The lowest BCUT2D eigenvalue weighted by Gasteiger charge is -2.10. The highest BCUT2D eigenvalue weighted by Gasteiger charge is 2.13. The van der Waals surface area contributed by atoms with E-state index in [-0.39, 0.29) is 6.61 Å². The monoisotopic (exact) mass is 229 g/mol. The molecule has 76 valence electrons. The maximum Gasteiger partial charge on any atom is 0.0681 e. The molecule has 0 unspecified atom stereocenters. The van der Waals surface area contributed by atoms with Crippen LogP contribution in [0.5, 0.6) is 0 Å². The molecule has 0 radical (unpaired) electrons. The van der Waals surface area contributed by atoms with E-state index >= 15 is 0 Å². The van der Waals surface area contributed by atoms with E-state index < -0.39 is 0 Å². The molecule has 4 heteroatoms. The zero-order chi connectivity index (χ0) is 9.97. The minimum Gasteiger partial charge on any atom is -0.392 e. The Hall–Kier alpha value is -0.220. The molecular weight excluding hydrogens is 218 g/mol. The van der Waals surface area contributed by atoms with E-state index in [2.05, 4.69) is 6.07 Å². The van der Waals surface area contributed by atoms with Crippen LogP contribution in [0.1, 0.15) is 11.1 Å². The molecule has 0 saturated heterocycles. The topological polar surface area (TPSA) is 23.5 Å². The molecule has 2 nitrogen and oxygen atoms in total. The molecule has 0 spiro atoms. The zero-order valence-corrected chi connectivity index (χ0v) is 9.31. The Morgan fingerprint density at radius 2 is 2.36 bits per heavy atom. The van der Waals surface area contributed by atoms with Crippen molar-refractivity contribution >= 4 is 23.5 Å². The molecule has 0 amide bonds. The van der Waals surface area contributed by atoms with E-state index in [4.69, 9.17) is 16.9 Å². The van der Waals surface area contributed by atoms with Gasteiger partial charge in [0, 0.05) is 23.7 Å². The molecule has 0 fully saturated rings. The summed E-state index contributed by atoms with van der Waals surface area (Å²) in [6.07, 6.45) is 0. The van der Waals surface area contributed by atoms with Crippen molar-refractivity contribution in [1.29, 1.82) is 0 Å². The summed E-state index contributed by atoms with van der Waals surface area (Å²) >= 11 is 7.83. The second-order valence-electron chi connectivity index (χ2n) is 3.29. The maximum atomic E-state index is 9.02. The van der Waals surface area contributed by atoms with Gasteiger partial charge in [-0.15, -0.1) is 11.8 Å². The number of thioether (sulfide) groups is 1. The predicted octanol–water partition coefficient (Wildman–Crippen LogP) is 2.24. The first-order chi connectivity index (χ1) is 6.79. The van der Waals surface area contributed by atoms with Crippen molar-refractivity contribution in [2.75, 3.05) is 12.3 Å². The minimum absolute atomic E-state index is 0.0975. The van der Waals surface area contributed by atoms with E-state index in [0.29, 0.717) is 0 Å². The Labute approximate surface area is 93.0 Å². The summed E-state index contributed by atoms with van der Waals surface area (Å²) in [5, 5.41) is 9.02. The van der Waals surface area contributed by atoms with Gasteiger partial charge in [-0.25, -0.2) is 4.42 Å². The second-order valence-corrected chi connectivity index (χ2v) is 4.91. The summed E-state index contributed by atoms with van der Waals surface area (Å²) < 4.78 is 1.79. The van der Waals surface area contributed by atoms with Gasteiger partial charge in [0.1, 0.15) is 0 Å². The number of hydrogen-bond acceptors (Lipinski definition) is 3. The van der Waals surface area contributed by atoms with Gasteiger partial charge in [-0.2, -0.15) is 0 Å². The molecule has 1 aliphatic heterocycles. The number of aliphatic hydroxyl groups is 1. The first-order valence-electron chi connectivity index (χ1n) is 4.56. The second kappa shape index (κ2) is 4.53. The van der Waals surface area contributed by atoms with Crippen molar-refractivity contribution in [2.45, 2.75) is 18.0 Å². The molecule has 1 aromatic carbocycles. The highest BCUT2D eigenvalue weighted by Crippen LogP contribution is 2.28. The maximum absolute atomic E-state index is 9.02. The van der Waals surface area contributed by atoms with Crippen LogP contribution in [0.3, 0.4) is 0 Å². The Kier molecular flexibility index (Phi) is 3.34. The number of halogens is 1. The molecule has 14 heavy (non-hydrogen) atoms. The van der Waals surface area contributed by atoms with Crippen LogP contribution >= 0.6 is 23.5 Å². The normalized spacial score (nSPS) is 17.6. The van der Waals surface area contributed by atoms with Crippen LogP contribution in [-0.2, 0) is 13.2 Å². The van der Waals surface area contributed by atoms with Crippen molar-refractivity contribution in [3.05, 3.63) is 29.3 Å². The highest BCUT2D eigenvalue weighted by atomic mass is 35.5. The largest absolute Gasteiger partial charge is 0.392 e. The van der Waals surface area contributed by atoms with Gasteiger partial charge in [-0.1, -0.05) is 12.1 Å². The molecule has 2 rings (SSSR count). The molecule has 0 saturated carbocycles. The van der Waals surface area contributed by atoms with Crippen LogP contribution in [0.25, 0.3) is 0 Å². The average molecular weight is 230 g/mol. The number of hydrogen-bond donors (Lipinski definition) is 1. The Bertz CT molecular complexity index is 332. The number of benzene rings is 1. The highest BCUT2D eigenvalue weighted by molar-refractivity contribution is 7.99. The first kappa shape index (κ1) is 10.3. The molecule has 0 atom stereocenters. The van der Waals surface area contributed by atoms with Crippen LogP contribution in [0.15, 0.2) is 23.1 Å². The lowest BCUT2D eigenvalue weighted by molar-refractivity contribution is 0.281. The summed E-state index contributed by atoms with van der Waals surface area (Å²) in [7, 11) is 0. The molecule has 1 aromatic rings. The zero-order valence-electron chi connectivity index (χ0n) is 7.74. The fourth-order valence-electron chi connectivity index (χ4n) is 1.51. The third-order valence-corrected chi connectivity index (χ3v) is 3.63. The average Bonchev–Trinajstić information content (AvgIpc) is 2.37. The summed E-state index contributed by atoms with van der Waals surface area (Å²) in [4.78, 5) is 1.28. The van der Waals surface area contributed by atoms with E-state index in [9.17, 15) is 0 Å². The fraction of sp³-hybridized carbons (Fsp3) is 0.400. The summed E-state index contributed by atoms with van der Waals surface area (Å²) in [5.74, 6) is 1.02. The number of nitrogens with zero attached hydrogens (tertiary/aromatic N) is 1. The third-order valence-electron chi connectivity index (χ3n) is 2.24. The molecule has 1 aliphatic rings. The van der Waals surface area contributed by atoms with Gasteiger partial charge in [0.05, 0.1) is 6.61 Å². The Balaban J connectivity index is 2.32. The van der Waals surface area contributed by atoms with Gasteiger partial charge >= 0.3 is 0 Å². The quantitative estimate of drug-likeness (QED) is 0.748. The van der Waals surface area contributed by atoms with Gasteiger partial charge in [-0.05, 0) is 29.0 Å². The van der Waals surface area contributed by atoms with Gasteiger partial charge in [0.25, 0.3) is 0 Å². The van der Waals surface area contributed by atoms with E-state index in [0.717, 1.165) is 24.4 Å². The molecular formula is C10H12ClNOS. The third kappa shape index (κ3) is 2.23. The van der Waals surface area contributed by atoms with Crippen LogP contribution in [-0.4, -0.2) is 21.8 Å². The number of rotatable bonds is 1. The standard InChI is InChI=1S/C10H12ClNOS/c11-12-3-4-14-10-2-1-8(7-13)5-9(10)6-12/h1-2,5,13H,3-4,6-7H2. The Morgan fingerprint density at radius 3 is 3.14 bits per heavy atom. The van der Waals surface area contributed by atoms with Crippen molar-refractivity contribution < 1.29 is 5.11 Å². The van der Waals surface area contributed by atoms with Crippen molar-refractivity contribution in [1.82, 2.24) is 4.42 Å². The van der Waals surface area contributed by atoms with Crippen LogP contribution in [0, 0.1) is 0 Å². The van der Waals surface area contributed by atoms with E-state index in [1.807, 2.05) is 23.9 Å². The van der Waals surface area contributed by atoms with Crippen LogP contribution < -0.4 is 0 Å². The molecule has 1 N–H and O–H groups in total. The number of aliphatic hydroxyl groups excluding tert-OH is 1. The predicted molar refractivity (Wildman–Crippen MR) is 59.4 cm³/mol.